The Kier molecular flexibility index (Phi) is 4.90. The Hall–Kier alpha value is -3.45. The molecule has 0 saturated carbocycles. The second-order valence-electron chi connectivity index (χ2n) is 6.34. The molecule has 3 aromatic rings. The average molecular weight is 451 g/mol. The SMILES string of the molecule is COc1ccc(Br)cc1C=C1C(=O)NC(=O)N(c2cccc3ccccc23)C1=O. The van der Waals surface area contributed by atoms with Crippen LogP contribution in [0.3, 0.4) is 0 Å². The monoisotopic (exact) mass is 450 g/mol. The summed E-state index contributed by atoms with van der Waals surface area (Å²) in [6.07, 6.45) is 1.42. The third-order valence-electron chi connectivity index (χ3n) is 4.60. The summed E-state index contributed by atoms with van der Waals surface area (Å²) < 4.78 is 6.07. The first-order valence-corrected chi connectivity index (χ1v) is 9.51. The molecule has 3 aromatic carbocycles. The minimum Gasteiger partial charge on any atom is -0.496 e. The van der Waals surface area contributed by atoms with Gasteiger partial charge in [0.2, 0.25) is 0 Å². The van der Waals surface area contributed by atoms with E-state index in [-0.39, 0.29) is 5.57 Å². The van der Waals surface area contributed by atoms with Crippen molar-refractivity contribution in [2.24, 2.45) is 0 Å². The summed E-state index contributed by atoms with van der Waals surface area (Å²) >= 11 is 3.37. The number of benzene rings is 3. The number of carbonyl (C=O) groups is 3. The average Bonchev–Trinajstić information content (AvgIpc) is 2.71. The summed E-state index contributed by atoms with van der Waals surface area (Å²) in [6.45, 7) is 0. The number of nitrogens with zero attached hydrogens (tertiary/aromatic N) is 1. The first-order valence-electron chi connectivity index (χ1n) is 8.72. The van der Waals surface area contributed by atoms with Gasteiger partial charge in [0.1, 0.15) is 11.3 Å². The van der Waals surface area contributed by atoms with E-state index >= 15 is 0 Å². The predicted molar refractivity (Wildman–Crippen MR) is 114 cm³/mol. The zero-order valence-corrected chi connectivity index (χ0v) is 16.9. The molecule has 29 heavy (non-hydrogen) atoms. The highest BCUT2D eigenvalue weighted by atomic mass is 79.9. The van der Waals surface area contributed by atoms with E-state index in [0.717, 1.165) is 20.1 Å². The van der Waals surface area contributed by atoms with Gasteiger partial charge < -0.3 is 4.74 Å². The maximum atomic E-state index is 13.2. The fourth-order valence-electron chi connectivity index (χ4n) is 3.25. The molecule has 0 bridgehead atoms. The molecular weight excluding hydrogens is 436 g/mol. The standard InChI is InChI=1S/C22H15BrN2O4/c1-29-19-10-9-15(23)11-14(19)12-17-20(26)24-22(28)25(21(17)27)18-8-4-6-13-5-2-3-7-16(13)18/h2-12H,1H3,(H,24,26,28). The molecule has 6 nitrogen and oxygen atoms in total. The third-order valence-corrected chi connectivity index (χ3v) is 5.09. The smallest absolute Gasteiger partial charge is 0.335 e. The van der Waals surface area contributed by atoms with Crippen LogP contribution in [0.15, 0.2) is 70.7 Å². The maximum Gasteiger partial charge on any atom is 0.335 e. The molecule has 4 rings (SSSR count). The molecule has 1 aliphatic rings. The number of nitrogens with one attached hydrogen (secondary N) is 1. The van der Waals surface area contributed by atoms with Crippen LogP contribution < -0.4 is 15.0 Å². The fraction of sp³-hybridized carbons (Fsp3) is 0.0455. The number of imide groups is 2. The normalized spacial score (nSPS) is 15.7. The molecule has 0 radical (unpaired) electrons. The van der Waals surface area contributed by atoms with E-state index in [0.29, 0.717) is 17.0 Å². The molecule has 1 N–H and O–H groups in total. The van der Waals surface area contributed by atoms with Gasteiger partial charge in [-0.15, -0.1) is 0 Å². The van der Waals surface area contributed by atoms with Gasteiger partial charge in [0.15, 0.2) is 0 Å². The lowest BCUT2D eigenvalue weighted by Gasteiger charge is -2.27. The Morgan fingerprint density at radius 3 is 2.55 bits per heavy atom. The Labute approximate surface area is 174 Å². The number of amides is 4. The number of halogens is 1. The van der Waals surface area contributed by atoms with E-state index in [1.54, 1.807) is 30.3 Å². The number of hydrogen-bond acceptors (Lipinski definition) is 4. The first kappa shape index (κ1) is 18.9. The van der Waals surface area contributed by atoms with Gasteiger partial charge in [-0.05, 0) is 35.7 Å². The second kappa shape index (κ2) is 7.52. The molecular formula is C22H15BrN2O4. The number of hydrogen-bond donors (Lipinski definition) is 1. The lowest BCUT2D eigenvalue weighted by molar-refractivity contribution is -0.122. The molecule has 1 aliphatic heterocycles. The minimum atomic E-state index is -0.783. The summed E-state index contributed by atoms with van der Waals surface area (Å²) in [7, 11) is 1.50. The number of ether oxygens (including phenoxy) is 1. The van der Waals surface area contributed by atoms with E-state index in [4.69, 9.17) is 4.74 Å². The van der Waals surface area contributed by atoms with Gasteiger partial charge >= 0.3 is 6.03 Å². The van der Waals surface area contributed by atoms with Crippen LogP contribution in [0.1, 0.15) is 5.56 Å². The number of rotatable bonds is 3. The number of carbonyl (C=O) groups excluding carboxylic acids is 3. The molecule has 1 heterocycles. The van der Waals surface area contributed by atoms with E-state index in [9.17, 15) is 14.4 Å². The van der Waals surface area contributed by atoms with Crippen LogP contribution in [-0.4, -0.2) is 25.0 Å². The minimum absolute atomic E-state index is 0.158. The molecule has 0 aromatic heterocycles. The predicted octanol–water partition coefficient (Wildman–Crippen LogP) is 4.28. The zero-order valence-electron chi connectivity index (χ0n) is 15.3. The molecule has 4 amide bonds. The van der Waals surface area contributed by atoms with Gasteiger partial charge in [0.25, 0.3) is 11.8 Å². The van der Waals surface area contributed by atoms with Crippen molar-refractivity contribution in [2.45, 2.75) is 0 Å². The molecule has 0 spiro atoms. The maximum absolute atomic E-state index is 13.2. The highest BCUT2D eigenvalue weighted by Crippen LogP contribution is 2.31. The second-order valence-corrected chi connectivity index (χ2v) is 7.26. The number of urea groups is 1. The van der Waals surface area contributed by atoms with E-state index in [1.165, 1.54) is 13.2 Å². The van der Waals surface area contributed by atoms with E-state index in [2.05, 4.69) is 21.2 Å². The molecule has 0 aliphatic carbocycles. The van der Waals surface area contributed by atoms with Crippen molar-refractivity contribution >= 4 is 56.3 Å². The summed E-state index contributed by atoms with van der Waals surface area (Å²) in [5, 5.41) is 3.86. The van der Waals surface area contributed by atoms with Crippen molar-refractivity contribution in [2.75, 3.05) is 12.0 Å². The Bertz CT molecular complexity index is 1200. The van der Waals surface area contributed by atoms with Crippen molar-refractivity contribution < 1.29 is 19.1 Å². The van der Waals surface area contributed by atoms with Crippen LogP contribution in [0.25, 0.3) is 16.8 Å². The summed E-state index contributed by atoms with van der Waals surface area (Å²) in [5.41, 5.74) is 0.784. The molecule has 144 valence electrons. The van der Waals surface area contributed by atoms with Gasteiger partial charge in [0.05, 0.1) is 12.8 Å². The molecule has 7 heteroatoms. The van der Waals surface area contributed by atoms with Crippen LogP contribution in [0.4, 0.5) is 10.5 Å². The third kappa shape index (κ3) is 3.40. The van der Waals surface area contributed by atoms with Crippen LogP contribution >= 0.6 is 15.9 Å². The molecule has 1 fully saturated rings. The van der Waals surface area contributed by atoms with Crippen molar-refractivity contribution in [3.05, 3.63) is 76.3 Å². The van der Waals surface area contributed by atoms with Gasteiger partial charge in [-0.3, -0.25) is 14.9 Å². The van der Waals surface area contributed by atoms with Crippen molar-refractivity contribution in [1.29, 1.82) is 0 Å². The largest absolute Gasteiger partial charge is 0.496 e. The Morgan fingerprint density at radius 2 is 1.76 bits per heavy atom. The van der Waals surface area contributed by atoms with Crippen molar-refractivity contribution in [3.8, 4) is 5.75 Å². The van der Waals surface area contributed by atoms with Crippen LogP contribution in [0.5, 0.6) is 5.75 Å². The molecule has 0 atom stereocenters. The van der Waals surface area contributed by atoms with Crippen molar-refractivity contribution in [3.63, 3.8) is 0 Å². The van der Waals surface area contributed by atoms with E-state index in [1.807, 2.05) is 30.3 Å². The lowest BCUT2D eigenvalue weighted by Crippen LogP contribution is -2.54. The van der Waals surface area contributed by atoms with Crippen LogP contribution in [-0.2, 0) is 9.59 Å². The summed E-state index contributed by atoms with van der Waals surface area (Å²) in [5.74, 6) is -0.953. The molecule has 0 unspecified atom stereocenters. The highest BCUT2D eigenvalue weighted by Gasteiger charge is 2.37. The van der Waals surface area contributed by atoms with Crippen LogP contribution in [0.2, 0.25) is 0 Å². The quantitative estimate of drug-likeness (QED) is 0.477. The van der Waals surface area contributed by atoms with Gasteiger partial charge in [-0.2, -0.15) is 0 Å². The topological polar surface area (TPSA) is 75.7 Å². The first-order chi connectivity index (χ1) is 14.0. The number of fused-ring (bicyclic) bond motifs is 1. The number of anilines is 1. The number of barbiturate groups is 1. The number of methoxy groups -OCH3 is 1. The highest BCUT2D eigenvalue weighted by molar-refractivity contribution is 9.10. The van der Waals surface area contributed by atoms with Gasteiger partial charge in [-0.25, -0.2) is 9.69 Å². The summed E-state index contributed by atoms with van der Waals surface area (Å²) in [4.78, 5) is 39.2. The Balaban J connectivity index is 1.84. The molecule has 1 saturated heterocycles. The van der Waals surface area contributed by atoms with Crippen LogP contribution in [0, 0.1) is 0 Å². The lowest BCUT2D eigenvalue weighted by atomic mass is 10.0. The zero-order chi connectivity index (χ0) is 20.5. The van der Waals surface area contributed by atoms with Gasteiger partial charge in [-0.1, -0.05) is 52.3 Å². The van der Waals surface area contributed by atoms with E-state index < -0.39 is 17.8 Å². The van der Waals surface area contributed by atoms with Gasteiger partial charge in [0, 0.05) is 15.4 Å². The van der Waals surface area contributed by atoms with Crippen molar-refractivity contribution in [1.82, 2.24) is 5.32 Å². The Morgan fingerprint density at radius 1 is 1.00 bits per heavy atom. The fourth-order valence-corrected chi connectivity index (χ4v) is 3.63. The summed E-state index contributed by atoms with van der Waals surface area (Å²) in [6, 6.07) is 17.2.